The summed E-state index contributed by atoms with van der Waals surface area (Å²) in [7, 11) is 1.60. The quantitative estimate of drug-likeness (QED) is 0.481. The first kappa shape index (κ1) is 15.2. The fourth-order valence-electron chi connectivity index (χ4n) is 1.81. The lowest BCUT2D eigenvalue weighted by Crippen LogP contribution is -2.53. The fraction of sp³-hybridized carbons (Fsp3) is 0.727. The zero-order valence-corrected chi connectivity index (χ0v) is 10.7. The first-order valence-electron chi connectivity index (χ1n) is 6.03. The van der Waals surface area contributed by atoms with Crippen LogP contribution >= 0.6 is 0 Å². The molecule has 1 atom stereocenters. The van der Waals surface area contributed by atoms with Gasteiger partial charge in [-0.2, -0.15) is 0 Å². The van der Waals surface area contributed by atoms with E-state index in [9.17, 15) is 14.4 Å². The number of nitrogens with two attached hydrogens (primary N) is 1. The average molecular weight is 273 g/mol. The number of aliphatic carboxylic acids is 1. The molecule has 0 aromatic heterocycles. The van der Waals surface area contributed by atoms with Gasteiger partial charge in [-0.15, -0.1) is 0 Å². The number of carbonyl (C=O) groups excluding carboxylic acids is 2. The van der Waals surface area contributed by atoms with Crippen LogP contribution in [0.1, 0.15) is 25.7 Å². The topological polar surface area (TPSA) is 131 Å². The lowest BCUT2D eigenvalue weighted by Gasteiger charge is -2.34. The summed E-state index contributed by atoms with van der Waals surface area (Å²) in [5.41, 5.74) is 4.94. The van der Waals surface area contributed by atoms with E-state index in [-0.39, 0.29) is 25.0 Å². The third kappa shape index (κ3) is 5.12. The van der Waals surface area contributed by atoms with Crippen molar-refractivity contribution in [3.05, 3.63) is 0 Å². The maximum Gasteiger partial charge on any atom is 0.326 e. The van der Waals surface area contributed by atoms with Gasteiger partial charge in [-0.25, -0.2) is 9.59 Å². The van der Waals surface area contributed by atoms with Crippen LogP contribution in [0.4, 0.5) is 4.79 Å². The number of hydrogen-bond donors (Lipinski definition) is 4. The summed E-state index contributed by atoms with van der Waals surface area (Å²) in [6, 6.07) is -1.68. The van der Waals surface area contributed by atoms with Crippen molar-refractivity contribution in [2.45, 2.75) is 43.9 Å². The maximum atomic E-state index is 11.6. The molecule has 1 aliphatic carbocycles. The molecule has 108 valence electrons. The summed E-state index contributed by atoms with van der Waals surface area (Å²) in [5, 5.41) is 13.9. The molecule has 0 aromatic rings. The van der Waals surface area contributed by atoms with Crippen molar-refractivity contribution in [1.29, 1.82) is 0 Å². The molecule has 0 radical (unpaired) electrons. The van der Waals surface area contributed by atoms with Gasteiger partial charge in [0.15, 0.2) is 0 Å². The Kier molecular flexibility index (Phi) is 5.56. The van der Waals surface area contributed by atoms with Gasteiger partial charge in [0.25, 0.3) is 0 Å². The molecule has 0 bridgehead atoms. The first-order valence-corrected chi connectivity index (χ1v) is 6.03. The molecule has 1 aliphatic rings. The molecular weight excluding hydrogens is 254 g/mol. The van der Waals surface area contributed by atoms with Crippen LogP contribution in [-0.2, 0) is 14.3 Å². The Bertz CT molecular complexity index is 354. The molecule has 0 aliphatic heterocycles. The highest BCUT2D eigenvalue weighted by Crippen LogP contribution is 2.22. The van der Waals surface area contributed by atoms with Crippen LogP contribution in [0.15, 0.2) is 0 Å². The van der Waals surface area contributed by atoms with E-state index in [1.807, 2.05) is 0 Å². The van der Waals surface area contributed by atoms with Crippen molar-refractivity contribution in [1.82, 2.24) is 10.6 Å². The molecular formula is C11H19N3O5. The van der Waals surface area contributed by atoms with Gasteiger partial charge in [0.1, 0.15) is 6.04 Å². The van der Waals surface area contributed by atoms with Crippen LogP contribution in [0, 0.1) is 0 Å². The summed E-state index contributed by atoms with van der Waals surface area (Å²) in [4.78, 5) is 33.1. The molecule has 0 saturated heterocycles. The second kappa shape index (κ2) is 6.93. The number of rotatable bonds is 7. The number of urea groups is 1. The molecule has 0 heterocycles. The summed E-state index contributed by atoms with van der Waals surface area (Å²) in [5.74, 6) is -1.80. The number of carboxylic acids is 1. The average Bonchev–Trinajstić information content (AvgIpc) is 2.27. The number of carboxylic acid groups (broad SMARTS) is 1. The Morgan fingerprint density at radius 3 is 2.53 bits per heavy atom. The minimum atomic E-state index is -1.19. The molecule has 0 aromatic carbocycles. The van der Waals surface area contributed by atoms with Crippen LogP contribution in [0.5, 0.6) is 0 Å². The fourth-order valence-corrected chi connectivity index (χ4v) is 1.81. The number of carbonyl (C=O) groups is 3. The van der Waals surface area contributed by atoms with E-state index < -0.39 is 23.9 Å². The predicted octanol–water partition coefficient (Wildman–Crippen LogP) is -0.818. The van der Waals surface area contributed by atoms with Gasteiger partial charge >= 0.3 is 12.0 Å². The first-order chi connectivity index (χ1) is 8.92. The largest absolute Gasteiger partial charge is 0.480 e. The van der Waals surface area contributed by atoms with E-state index in [1.165, 1.54) is 0 Å². The van der Waals surface area contributed by atoms with Gasteiger partial charge < -0.3 is 26.2 Å². The predicted molar refractivity (Wildman–Crippen MR) is 65.3 cm³/mol. The normalized spacial score (nSPS) is 23.0. The number of primary amides is 1. The third-order valence-electron chi connectivity index (χ3n) is 3.05. The molecule has 5 N–H and O–H groups in total. The van der Waals surface area contributed by atoms with E-state index in [0.717, 1.165) is 0 Å². The highest BCUT2D eigenvalue weighted by Gasteiger charge is 2.31. The maximum absolute atomic E-state index is 11.6. The van der Waals surface area contributed by atoms with Gasteiger partial charge in [-0.05, 0) is 19.3 Å². The third-order valence-corrected chi connectivity index (χ3v) is 3.05. The molecule has 1 fully saturated rings. The number of nitrogens with one attached hydrogen (secondary N) is 2. The highest BCUT2D eigenvalue weighted by atomic mass is 16.5. The molecule has 8 heteroatoms. The van der Waals surface area contributed by atoms with Crippen molar-refractivity contribution >= 4 is 17.9 Å². The molecule has 3 amide bonds. The monoisotopic (exact) mass is 273 g/mol. The Morgan fingerprint density at radius 1 is 1.42 bits per heavy atom. The SMILES string of the molecule is COC1CC(NC(=O)NC(CCC(N)=O)C(=O)O)C1. The zero-order chi connectivity index (χ0) is 14.4. The Morgan fingerprint density at radius 2 is 2.05 bits per heavy atom. The molecule has 1 saturated carbocycles. The van der Waals surface area contributed by atoms with Gasteiger partial charge in [-0.3, -0.25) is 4.79 Å². The van der Waals surface area contributed by atoms with E-state index in [2.05, 4.69) is 10.6 Å². The van der Waals surface area contributed by atoms with Crippen molar-refractivity contribution in [3.8, 4) is 0 Å². The lowest BCUT2D eigenvalue weighted by molar-refractivity contribution is -0.139. The summed E-state index contributed by atoms with van der Waals surface area (Å²) >= 11 is 0. The van der Waals surface area contributed by atoms with E-state index in [1.54, 1.807) is 7.11 Å². The number of ether oxygens (including phenoxy) is 1. The Labute approximate surface area is 110 Å². The lowest BCUT2D eigenvalue weighted by atomic mass is 9.89. The molecule has 19 heavy (non-hydrogen) atoms. The number of methoxy groups -OCH3 is 1. The van der Waals surface area contributed by atoms with E-state index in [4.69, 9.17) is 15.6 Å². The highest BCUT2D eigenvalue weighted by molar-refractivity contribution is 5.83. The zero-order valence-electron chi connectivity index (χ0n) is 10.7. The summed E-state index contributed by atoms with van der Waals surface area (Å²) < 4.78 is 5.06. The molecule has 1 unspecified atom stereocenters. The minimum Gasteiger partial charge on any atom is -0.480 e. The summed E-state index contributed by atoms with van der Waals surface area (Å²) in [6.07, 6.45) is 1.46. The van der Waals surface area contributed by atoms with Gasteiger partial charge in [-0.1, -0.05) is 0 Å². The van der Waals surface area contributed by atoms with Crippen LogP contribution in [-0.4, -0.2) is 48.3 Å². The standard InChI is InChI=1S/C11H19N3O5/c1-19-7-4-6(5-7)13-11(18)14-8(10(16)17)2-3-9(12)15/h6-8H,2-5H2,1H3,(H2,12,15)(H,16,17)(H2,13,14,18). The van der Waals surface area contributed by atoms with Crippen LogP contribution in [0.3, 0.4) is 0 Å². The van der Waals surface area contributed by atoms with Crippen LogP contribution in [0.2, 0.25) is 0 Å². The number of hydrogen-bond acceptors (Lipinski definition) is 4. The van der Waals surface area contributed by atoms with E-state index >= 15 is 0 Å². The second-order valence-corrected chi connectivity index (χ2v) is 4.54. The van der Waals surface area contributed by atoms with Crippen LogP contribution in [0.25, 0.3) is 0 Å². The van der Waals surface area contributed by atoms with Gasteiger partial charge in [0.2, 0.25) is 5.91 Å². The molecule has 1 rings (SSSR count). The van der Waals surface area contributed by atoms with E-state index in [0.29, 0.717) is 12.8 Å². The minimum absolute atomic E-state index is 0.00413. The number of amides is 3. The van der Waals surface area contributed by atoms with Crippen molar-refractivity contribution in [2.75, 3.05) is 7.11 Å². The Balaban J connectivity index is 2.31. The molecule has 8 nitrogen and oxygen atoms in total. The van der Waals surface area contributed by atoms with Crippen molar-refractivity contribution < 1.29 is 24.2 Å². The second-order valence-electron chi connectivity index (χ2n) is 4.54. The Hall–Kier alpha value is -1.83. The summed E-state index contributed by atoms with van der Waals surface area (Å²) in [6.45, 7) is 0. The van der Waals surface area contributed by atoms with Crippen molar-refractivity contribution in [2.24, 2.45) is 5.73 Å². The van der Waals surface area contributed by atoms with Crippen LogP contribution < -0.4 is 16.4 Å². The smallest absolute Gasteiger partial charge is 0.326 e. The molecule has 0 spiro atoms. The van der Waals surface area contributed by atoms with Gasteiger partial charge in [0.05, 0.1) is 6.10 Å². The van der Waals surface area contributed by atoms with Gasteiger partial charge in [0, 0.05) is 19.6 Å². The van der Waals surface area contributed by atoms with Crippen molar-refractivity contribution in [3.63, 3.8) is 0 Å².